The number of nitro groups is 1. The van der Waals surface area contributed by atoms with Crippen molar-refractivity contribution in [3.63, 3.8) is 0 Å². The number of nitrogens with two attached hydrogens (primary N) is 1. The number of benzene rings is 1. The molecule has 6 nitrogen and oxygen atoms in total. The van der Waals surface area contributed by atoms with E-state index in [9.17, 15) is 14.3 Å². The van der Waals surface area contributed by atoms with Crippen molar-refractivity contribution in [3.8, 4) is 0 Å². The summed E-state index contributed by atoms with van der Waals surface area (Å²) < 4.78 is 11.2. The lowest BCUT2D eigenvalue weighted by Crippen LogP contribution is -2.13. The minimum Gasteiger partial charge on any atom is -0.399 e. The summed E-state index contributed by atoms with van der Waals surface area (Å²) in [6, 6.07) is 4.34. The van der Waals surface area contributed by atoms with Gasteiger partial charge in [-0.25, -0.2) is 0 Å². The molecular weight excluding hydrogens is 242 g/mol. The largest absolute Gasteiger partial charge is 0.399 e. The Balaban J connectivity index is 2.72. The fraction of sp³-hybridized carbons (Fsp3) is 0.400. The number of nitrogens with one attached hydrogen (secondary N) is 1. The van der Waals surface area contributed by atoms with Crippen molar-refractivity contribution in [1.82, 2.24) is 0 Å². The van der Waals surface area contributed by atoms with Crippen LogP contribution in [-0.2, 0) is 10.8 Å². The van der Waals surface area contributed by atoms with Crippen LogP contribution in [0.2, 0.25) is 0 Å². The Bertz CT molecular complexity index is 437. The standard InChI is InChI=1S/C10H15N3O3S/c1-2-17(16)6-5-12-9-7-8(11)3-4-10(9)13(14)15/h3-4,7,12H,2,5-6,11H2,1H3. The van der Waals surface area contributed by atoms with Crippen molar-refractivity contribution in [1.29, 1.82) is 0 Å². The summed E-state index contributed by atoms with van der Waals surface area (Å²) in [5, 5.41) is 13.6. The lowest BCUT2D eigenvalue weighted by molar-refractivity contribution is -0.383. The van der Waals surface area contributed by atoms with E-state index in [4.69, 9.17) is 5.73 Å². The fourth-order valence-electron chi connectivity index (χ4n) is 1.30. The van der Waals surface area contributed by atoms with Crippen LogP contribution in [0.5, 0.6) is 0 Å². The molecule has 0 radical (unpaired) electrons. The molecule has 0 amide bonds. The van der Waals surface area contributed by atoms with Gasteiger partial charge in [-0.1, -0.05) is 6.92 Å². The summed E-state index contributed by atoms with van der Waals surface area (Å²) in [5.74, 6) is 1.04. The lowest BCUT2D eigenvalue weighted by atomic mass is 10.2. The normalized spacial score (nSPS) is 12.1. The first-order valence-electron chi connectivity index (χ1n) is 5.17. The number of rotatable bonds is 6. The molecule has 1 atom stereocenters. The molecular formula is C10H15N3O3S. The Hall–Kier alpha value is -1.63. The van der Waals surface area contributed by atoms with Gasteiger partial charge in [0.1, 0.15) is 5.69 Å². The van der Waals surface area contributed by atoms with E-state index >= 15 is 0 Å². The summed E-state index contributed by atoms with van der Waals surface area (Å²) in [6.45, 7) is 2.25. The topological polar surface area (TPSA) is 98.3 Å². The van der Waals surface area contributed by atoms with Crippen LogP contribution in [0.25, 0.3) is 0 Å². The van der Waals surface area contributed by atoms with Gasteiger partial charge in [0, 0.05) is 40.6 Å². The Labute approximate surface area is 102 Å². The van der Waals surface area contributed by atoms with Gasteiger partial charge >= 0.3 is 0 Å². The summed E-state index contributed by atoms with van der Waals surface area (Å²) in [4.78, 5) is 10.3. The van der Waals surface area contributed by atoms with Gasteiger partial charge in [-0.05, 0) is 12.1 Å². The minimum absolute atomic E-state index is 0.0264. The maximum Gasteiger partial charge on any atom is 0.292 e. The lowest BCUT2D eigenvalue weighted by Gasteiger charge is -2.07. The van der Waals surface area contributed by atoms with E-state index in [0.717, 1.165) is 0 Å². The third-order valence-corrected chi connectivity index (χ3v) is 3.49. The van der Waals surface area contributed by atoms with Crippen molar-refractivity contribution >= 4 is 27.9 Å². The molecule has 0 saturated carbocycles. The van der Waals surface area contributed by atoms with E-state index in [2.05, 4.69) is 5.32 Å². The second-order valence-electron chi connectivity index (χ2n) is 3.39. The van der Waals surface area contributed by atoms with E-state index in [1.165, 1.54) is 18.2 Å². The predicted molar refractivity (Wildman–Crippen MR) is 69.5 cm³/mol. The Morgan fingerprint density at radius 1 is 1.53 bits per heavy atom. The molecule has 1 unspecified atom stereocenters. The number of nitro benzene ring substituents is 1. The SMILES string of the molecule is CCS(=O)CCNc1cc(N)ccc1[N+](=O)[O-]. The first-order valence-corrected chi connectivity index (χ1v) is 6.66. The Kier molecular flexibility index (Phi) is 4.89. The molecule has 0 aliphatic rings. The molecule has 0 fully saturated rings. The highest BCUT2D eigenvalue weighted by Gasteiger charge is 2.13. The quantitative estimate of drug-likeness (QED) is 0.455. The summed E-state index contributed by atoms with van der Waals surface area (Å²) in [7, 11) is -0.887. The average Bonchev–Trinajstić information content (AvgIpc) is 2.28. The number of hydrogen-bond acceptors (Lipinski definition) is 5. The van der Waals surface area contributed by atoms with E-state index < -0.39 is 15.7 Å². The van der Waals surface area contributed by atoms with Crippen LogP contribution >= 0.6 is 0 Å². The van der Waals surface area contributed by atoms with E-state index in [1.807, 2.05) is 6.92 Å². The van der Waals surface area contributed by atoms with Gasteiger partial charge in [0.15, 0.2) is 0 Å². The monoisotopic (exact) mass is 257 g/mol. The molecule has 7 heteroatoms. The molecule has 0 bridgehead atoms. The van der Waals surface area contributed by atoms with E-state index in [-0.39, 0.29) is 5.69 Å². The average molecular weight is 257 g/mol. The summed E-state index contributed by atoms with van der Waals surface area (Å²) in [6.07, 6.45) is 0. The Morgan fingerprint density at radius 3 is 2.82 bits per heavy atom. The van der Waals surface area contributed by atoms with Gasteiger partial charge in [0.25, 0.3) is 5.69 Å². The molecule has 0 aliphatic heterocycles. The third-order valence-electron chi connectivity index (χ3n) is 2.18. The van der Waals surface area contributed by atoms with Crippen LogP contribution in [0.4, 0.5) is 17.1 Å². The smallest absolute Gasteiger partial charge is 0.292 e. The van der Waals surface area contributed by atoms with Crippen LogP contribution in [0.3, 0.4) is 0 Å². The number of hydrogen-bond donors (Lipinski definition) is 2. The third kappa shape index (κ3) is 4.03. The molecule has 0 heterocycles. The second-order valence-corrected chi connectivity index (χ2v) is 5.26. The molecule has 0 spiro atoms. The van der Waals surface area contributed by atoms with Crippen LogP contribution in [0, 0.1) is 10.1 Å². The molecule has 3 N–H and O–H groups in total. The maximum atomic E-state index is 11.2. The molecule has 0 aliphatic carbocycles. The van der Waals surface area contributed by atoms with Gasteiger partial charge in [0.05, 0.1) is 4.92 Å². The molecule has 0 aromatic heterocycles. The first-order chi connectivity index (χ1) is 8.04. The molecule has 1 rings (SSSR count). The molecule has 17 heavy (non-hydrogen) atoms. The highest BCUT2D eigenvalue weighted by molar-refractivity contribution is 7.84. The number of anilines is 2. The number of nitrogen functional groups attached to an aromatic ring is 1. The molecule has 1 aromatic carbocycles. The predicted octanol–water partition coefficient (Wildman–Crippen LogP) is 1.36. The van der Waals surface area contributed by atoms with Gasteiger partial charge < -0.3 is 11.1 Å². The summed E-state index contributed by atoms with van der Waals surface area (Å²) in [5.41, 5.74) is 6.35. The van der Waals surface area contributed by atoms with Crippen molar-refractivity contribution in [2.75, 3.05) is 29.1 Å². The zero-order valence-electron chi connectivity index (χ0n) is 9.51. The molecule has 0 saturated heterocycles. The zero-order valence-corrected chi connectivity index (χ0v) is 10.3. The minimum atomic E-state index is -0.887. The highest BCUT2D eigenvalue weighted by Crippen LogP contribution is 2.26. The first kappa shape index (κ1) is 13.4. The van der Waals surface area contributed by atoms with Crippen molar-refractivity contribution in [2.45, 2.75) is 6.92 Å². The van der Waals surface area contributed by atoms with Crippen molar-refractivity contribution in [2.24, 2.45) is 0 Å². The number of nitrogens with zero attached hydrogens (tertiary/aromatic N) is 1. The van der Waals surface area contributed by atoms with Gasteiger partial charge in [-0.3, -0.25) is 14.3 Å². The second kappa shape index (κ2) is 6.19. The highest BCUT2D eigenvalue weighted by atomic mass is 32.2. The Morgan fingerprint density at radius 2 is 2.24 bits per heavy atom. The van der Waals surface area contributed by atoms with Crippen LogP contribution < -0.4 is 11.1 Å². The van der Waals surface area contributed by atoms with E-state index in [1.54, 1.807) is 0 Å². The van der Waals surface area contributed by atoms with Gasteiger partial charge in [0.2, 0.25) is 0 Å². The summed E-state index contributed by atoms with van der Waals surface area (Å²) >= 11 is 0. The van der Waals surface area contributed by atoms with Crippen molar-refractivity contribution < 1.29 is 9.13 Å². The maximum absolute atomic E-state index is 11.2. The fourth-order valence-corrected chi connectivity index (χ4v) is 1.92. The van der Waals surface area contributed by atoms with E-state index in [0.29, 0.717) is 29.4 Å². The van der Waals surface area contributed by atoms with Crippen LogP contribution in [0.1, 0.15) is 6.92 Å². The molecule has 1 aromatic rings. The molecule has 94 valence electrons. The van der Waals surface area contributed by atoms with Gasteiger partial charge in [-0.2, -0.15) is 0 Å². The van der Waals surface area contributed by atoms with Gasteiger partial charge in [-0.15, -0.1) is 0 Å². The van der Waals surface area contributed by atoms with Crippen LogP contribution in [0.15, 0.2) is 18.2 Å². The van der Waals surface area contributed by atoms with Crippen LogP contribution in [-0.4, -0.2) is 27.2 Å². The zero-order chi connectivity index (χ0) is 12.8. The van der Waals surface area contributed by atoms with Crippen molar-refractivity contribution in [3.05, 3.63) is 28.3 Å².